The molecule has 33 heavy (non-hydrogen) atoms. The van der Waals surface area contributed by atoms with Crippen LogP contribution in [-0.2, 0) is 12.6 Å². The van der Waals surface area contributed by atoms with Crippen molar-refractivity contribution < 1.29 is 4.79 Å². The fourth-order valence-electron chi connectivity index (χ4n) is 3.44. The maximum Gasteiger partial charge on any atom is 0.274 e. The summed E-state index contributed by atoms with van der Waals surface area (Å²) in [4.78, 5) is 30.9. The van der Waals surface area contributed by atoms with E-state index in [-0.39, 0.29) is 11.5 Å². The third-order valence-corrected chi connectivity index (χ3v) is 5.21. The van der Waals surface area contributed by atoms with Gasteiger partial charge in [-0.15, -0.1) is 0 Å². The molecule has 0 unspecified atom stereocenters. The zero-order valence-corrected chi connectivity index (χ0v) is 19.4. The second-order valence-electron chi connectivity index (χ2n) is 8.14. The molecule has 1 amide bonds. The van der Waals surface area contributed by atoms with E-state index in [0.29, 0.717) is 39.2 Å². The molecular formula is C23H23ClN8O. The summed E-state index contributed by atoms with van der Waals surface area (Å²) in [5, 5.41) is 7.68. The molecule has 0 atom stereocenters. The molecule has 4 heterocycles. The second-order valence-corrected chi connectivity index (χ2v) is 8.53. The van der Waals surface area contributed by atoms with Crippen LogP contribution in [0.5, 0.6) is 0 Å². The van der Waals surface area contributed by atoms with Gasteiger partial charge in [-0.25, -0.2) is 15.0 Å². The smallest absolute Gasteiger partial charge is 0.274 e. The molecule has 0 aliphatic heterocycles. The van der Waals surface area contributed by atoms with Crippen LogP contribution in [0, 0.1) is 6.92 Å². The van der Waals surface area contributed by atoms with E-state index in [1.54, 1.807) is 36.3 Å². The molecule has 10 heteroatoms. The number of amides is 1. The first-order valence-electron chi connectivity index (χ1n) is 10.2. The maximum atomic E-state index is 13.2. The Morgan fingerprint density at radius 3 is 2.55 bits per heavy atom. The minimum atomic E-state index is -0.761. The van der Waals surface area contributed by atoms with Gasteiger partial charge in [-0.3, -0.25) is 14.5 Å². The fourth-order valence-corrected chi connectivity index (χ4v) is 3.69. The molecule has 0 aliphatic carbocycles. The fraction of sp³-hybridized carbons (Fsp3) is 0.217. The topological polar surface area (TPSA) is 124 Å². The number of nitrogens with two attached hydrogens (primary N) is 1. The Kier molecular flexibility index (Phi) is 5.82. The van der Waals surface area contributed by atoms with E-state index in [2.05, 4.69) is 30.4 Å². The SMILES string of the molecule is Cc1cc(-c2nc(C(=O)NC(C)(C)c3ccccn3)c(N)nc2-c2ccn(C)n2)cc(Cl)n1. The van der Waals surface area contributed by atoms with Gasteiger partial charge in [-0.1, -0.05) is 17.7 Å². The number of anilines is 1. The molecule has 9 nitrogen and oxygen atoms in total. The third kappa shape index (κ3) is 4.68. The Bertz CT molecular complexity index is 1310. The van der Waals surface area contributed by atoms with Crippen LogP contribution in [0.2, 0.25) is 5.15 Å². The molecule has 4 aromatic heterocycles. The molecule has 0 fully saturated rings. The summed E-state index contributed by atoms with van der Waals surface area (Å²) >= 11 is 6.20. The molecule has 3 N–H and O–H groups in total. The van der Waals surface area contributed by atoms with E-state index in [0.717, 1.165) is 0 Å². The highest BCUT2D eigenvalue weighted by Gasteiger charge is 2.28. The van der Waals surface area contributed by atoms with E-state index in [1.807, 2.05) is 45.0 Å². The average molecular weight is 463 g/mol. The van der Waals surface area contributed by atoms with Gasteiger partial charge in [-0.05, 0) is 51.1 Å². The number of aromatic nitrogens is 6. The number of nitrogens with zero attached hydrogens (tertiary/aromatic N) is 6. The number of hydrogen-bond donors (Lipinski definition) is 2. The van der Waals surface area contributed by atoms with Crippen molar-refractivity contribution in [2.24, 2.45) is 7.05 Å². The molecular weight excluding hydrogens is 440 g/mol. The number of aryl methyl sites for hydroxylation is 2. The predicted octanol–water partition coefficient (Wildman–Crippen LogP) is 3.54. The first kappa shape index (κ1) is 22.3. The van der Waals surface area contributed by atoms with Gasteiger partial charge in [0.2, 0.25) is 0 Å². The van der Waals surface area contributed by atoms with Crippen molar-refractivity contribution in [2.45, 2.75) is 26.3 Å². The third-order valence-electron chi connectivity index (χ3n) is 5.02. The van der Waals surface area contributed by atoms with Crippen LogP contribution < -0.4 is 11.1 Å². The van der Waals surface area contributed by atoms with Crippen molar-refractivity contribution in [2.75, 3.05) is 5.73 Å². The van der Waals surface area contributed by atoms with E-state index >= 15 is 0 Å². The predicted molar refractivity (Wildman–Crippen MR) is 126 cm³/mol. The lowest BCUT2D eigenvalue weighted by Crippen LogP contribution is -2.42. The zero-order chi connectivity index (χ0) is 23.8. The molecule has 0 spiro atoms. The molecule has 4 rings (SSSR count). The molecule has 0 saturated heterocycles. The molecule has 0 radical (unpaired) electrons. The Hall–Kier alpha value is -3.85. The van der Waals surface area contributed by atoms with Crippen LogP contribution in [0.25, 0.3) is 22.6 Å². The average Bonchev–Trinajstić information content (AvgIpc) is 3.19. The number of pyridine rings is 2. The van der Waals surface area contributed by atoms with Gasteiger partial charge in [0, 0.05) is 30.7 Å². The van der Waals surface area contributed by atoms with Gasteiger partial charge in [0.25, 0.3) is 5.91 Å². The molecule has 0 bridgehead atoms. The summed E-state index contributed by atoms with van der Waals surface area (Å²) in [6.45, 7) is 5.53. The molecule has 4 aromatic rings. The lowest BCUT2D eigenvalue weighted by Gasteiger charge is -2.25. The van der Waals surface area contributed by atoms with Crippen molar-refractivity contribution in [3.63, 3.8) is 0 Å². The Morgan fingerprint density at radius 1 is 1.12 bits per heavy atom. The highest BCUT2D eigenvalue weighted by molar-refractivity contribution is 6.29. The Labute approximate surface area is 196 Å². The molecule has 0 aliphatic rings. The normalized spacial score (nSPS) is 11.4. The minimum absolute atomic E-state index is 0.000671. The number of rotatable bonds is 5. The summed E-state index contributed by atoms with van der Waals surface area (Å²) in [6.07, 6.45) is 3.46. The first-order valence-corrected chi connectivity index (χ1v) is 10.6. The van der Waals surface area contributed by atoms with Gasteiger partial charge in [0.15, 0.2) is 11.5 Å². The van der Waals surface area contributed by atoms with Crippen molar-refractivity contribution in [1.82, 2.24) is 35.0 Å². The summed E-state index contributed by atoms with van der Waals surface area (Å²) < 4.78 is 1.65. The standard InChI is InChI=1S/C23H23ClN8O/c1-13-11-14(12-17(24)27-13)18-19(15-8-10-32(4)31-15)29-21(25)20(28-18)22(33)30-23(2,3)16-7-5-6-9-26-16/h5-12H,1-4H3,(H2,25,29)(H,30,33). The number of hydrogen-bond acceptors (Lipinski definition) is 7. The molecule has 0 saturated carbocycles. The number of carbonyl (C=O) groups excluding carboxylic acids is 1. The van der Waals surface area contributed by atoms with E-state index in [1.165, 1.54) is 0 Å². The van der Waals surface area contributed by atoms with Crippen molar-refractivity contribution in [3.05, 3.63) is 71.0 Å². The van der Waals surface area contributed by atoms with Gasteiger partial charge in [0.1, 0.15) is 16.5 Å². The minimum Gasteiger partial charge on any atom is -0.382 e. The lowest BCUT2D eigenvalue weighted by atomic mass is 9.99. The quantitative estimate of drug-likeness (QED) is 0.434. The first-order chi connectivity index (χ1) is 15.6. The van der Waals surface area contributed by atoms with Crippen LogP contribution in [0.3, 0.4) is 0 Å². The number of nitrogen functional groups attached to an aromatic ring is 1. The van der Waals surface area contributed by atoms with Crippen molar-refractivity contribution in [1.29, 1.82) is 0 Å². The second kappa shape index (κ2) is 8.59. The number of halogens is 1. The Balaban J connectivity index is 1.82. The van der Waals surface area contributed by atoms with E-state index in [4.69, 9.17) is 17.3 Å². The van der Waals surface area contributed by atoms with Gasteiger partial charge >= 0.3 is 0 Å². The largest absolute Gasteiger partial charge is 0.382 e. The van der Waals surface area contributed by atoms with Crippen molar-refractivity contribution >= 4 is 23.3 Å². The van der Waals surface area contributed by atoms with E-state index in [9.17, 15) is 4.79 Å². The summed E-state index contributed by atoms with van der Waals surface area (Å²) in [7, 11) is 1.80. The summed E-state index contributed by atoms with van der Waals surface area (Å²) in [5.41, 5.74) is 8.93. The van der Waals surface area contributed by atoms with Gasteiger partial charge in [-0.2, -0.15) is 5.10 Å². The summed E-state index contributed by atoms with van der Waals surface area (Å²) in [6, 6.07) is 10.8. The highest BCUT2D eigenvalue weighted by Crippen LogP contribution is 2.31. The van der Waals surface area contributed by atoms with Crippen LogP contribution in [0.4, 0.5) is 5.82 Å². The Morgan fingerprint density at radius 2 is 1.91 bits per heavy atom. The summed E-state index contributed by atoms with van der Waals surface area (Å²) in [5.74, 6) is -0.480. The maximum absolute atomic E-state index is 13.2. The molecule has 0 aromatic carbocycles. The van der Waals surface area contributed by atoms with Crippen molar-refractivity contribution in [3.8, 4) is 22.6 Å². The van der Waals surface area contributed by atoms with Crippen LogP contribution >= 0.6 is 11.6 Å². The molecule has 168 valence electrons. The number of nitrogens with one attached hydrogen (secondary N) is 1. The van der Waals surface area contributed by atoms with Crippen LogP contribution in [-0.4, -0.2) is 35.6 Å². The van der Waals surface area contributed by atoms with Gasteiger partial charge in [0.05, 0.1) is 16.9 Å². The zero-order valence-electron chi connectivity index (χ0n) is 18.7. The number of carbonyl (C=O) groups is 1. The van der Waals surface area contributed by atoms with Gasteiger partial charge < -0.3 is 11.1 Å². The van der Waals surface area contributed by atoms with Crippen LogP contribution in [0.15, 0.2) is 48.8 Å². The van der Waals surface area contributed by atoms with E-state index < -0.39 is 11.4 Å². The highest BCUT2D eigenvalue weighted by atomic mass is 35.5. The monoisotopic (exact) mass is 462 g/mol. The van der Waals surface area contributed by atoms with Crippen LogP contribution in [0.1, 0.15) is 35.7 Å². The lowest BCUT2D eigenvalue weighted by molar-refractivity contribution is 0.0906.